The Bertz CT molecular complexity index is 149. The molecule has 0 saturated heterocycles. The van der Waals surface area contributed by atoms with Gasteiger partial charge in [-0.25, -0.2) is 9.98 Å². The first-order valence-electron chi connectivity index (χ1n) is 5.99. The summed E-state index contributed by atoms with van der Waals surface area (Å²) in [6, 6.07) is 2.71. The highest BCUT2D eigenvalue weighted by molar-refractivity contribution is 5.40. The molecule has 0 aliphatic heterocycles. The minimum atomic E-state index is 0.860. The Hall–Kier alpha value is -0.660. The van der Waals surface area contributed by atoms with E-state index in [9.17, 15) is 0 Å². The molecule has 0 fully saturated rings. The quantitative estimate of drug-likeness (QED) is 0.512. The molecule has 0 saturated carbocycles. The number of rotatable bonds is 7. The molecular weight excluding hydrogens is 186 g/mol. The van der Waals surface area contributed by atoms with Crippen molar-refractivity contribution in [2.45, 2.75) is 46.0 Å². The smallest absolute Gasteiger partial charge is 0.0892 e. The molecule has 3 nitrogen and oxygen atoms in total. The van der Waals surface area contributed by atoms with Crippen LogP contribution in [0.15, 0.2) is 9.98 Å². The average Bonchev–Trinajstić information content (AvgIpc) is 2.23. The molecule has 0 radical (unpaired) electrons. The molecule has 0 bridgehead atoms. The fraction of sp³-hybridized carbons (Fsp3) is 0.917. The molecule has 0 aromatic heterocycles. The van der Waals surface area contributed by atoms with Crippen LogP contribution in [0, 0.1) is 0 Å². The summed E-state index contributed by atoms with van der Waals surface area (Å²) in [4.78, 5) is 8.05. The minimum Gasteiger partial charge on any atom is -0.323 e. The van der Waals surface area contributed by atoms with E-state index in [-0.39, 0.29) is 0 Å². The molecule has 0 rings (SSSR count). The monoisotopic (exact) mass is 213 g/mol. The molecule has 90 valence electrons. The Labute approximate surface area is 95.1 Å². The first-order chi connectivity index (χ1) is 7.33. The van der Waals surface area contributed by atoms with E-state index in [1.807, 2.05) is 14.1 Å². The van der Waals surface area contributed by atoms with Crippen LogP contribution in [0.2, 0.25) is 0 Å². The van der Waals surface area contributed by atoms with Crippen molar-refractivity contribution in [1.82, 2.24) is 5.32 Å². The highest BCUT2D eigenvalue weighted by Crippen LogP contribution is 1.97. The van der Waals surface area contributed by atoms with E-state index < -0.39 is 0 Å². The van der Waals surface area contributed by atoms with Gasteiger partial charge in [-0.15, -0.1) is 0 Å². The molecule has 0 spiro atoms. The molecular formula is C12H27N3. The van der Waals surface area contributed by atoms with Crippen LogP contribution in [0.5, 0.6) is 0 Å². The second kappa shape index (κ2) is 19.0. The molecule has 0 amide bonds. The molecule has 0 unspecified atom stereocenters. The number of nitrogens with one attached hydrogen (secondary N) is 1. The van der Waals surface area contributed by atoms with Crippen molar-refractivity contribution < 1.29 is 0 Å². The van der Waals surface area contributed by atoms with Crippen LogP contribution in [0.1, 0.15) is 46.0 Å². The van der Waals surface area contributed by atoms with E-state index in [0.717, 1.165) is 19.5 Å². The van der Waals surface area contributed by atoms with E-state index in [1.54, 1.807) is 0 Å². The van der Waals surface area contributed by atoms with Crippen molar-refractivity contribution in [3.8, 4) is 0 Å². The lowest BCUT2D eigenvalue weighted by atomic mass is 10.2. The van der Waals surface area contributed by atoms with Gasteiger partial charge in [-0.2, -0.15) is 0 Å². The van der Waals surface area contributed by atoms with Crippen LogP contribution >= 0.6 is 0 Å². The van der Waals surface area contributed by atoms with Gasteiger partial charge in [-0.05, 0) is 26.9 Å². The Morgan fingerprint density at radius 2 is 1.47 bits per heavy atom. The van der Waals surface area contributed by atoms with Gasteiger partial charge in [0.15, 0.2) is 0 Å². The maximum Gasteiger partial charge on any atom is 0.0892 e. The molecule has 1 N–H and O–H groups in total. The number of unbranched alkanes of at least 4 members (excludes halogenated alkanes) is 3. The summed E-state index contributed by atoms with van der Waals surface area (Å²) in [5.74, 6) is 0. The standard InChI is InChI=1S/C10H20N2.C2H7N/c1-3-5-6-7-9-12-10-11-8-4-2;1-3-2/h3-9H2,1-2H3;3H,1-2H3. The summed E-state index contributed by atoms with van der Waals surface area (Å²) in [6.07, 6.45) is 6.16. The highest BCUT2D eigenvalue weighted by Gasteiger charge is 1.83. The van der Waals surface area contributed by atoms with Crippen LogP contribution < -0.4 is 5.32 Å². The largest absolute Gasteiger partial charge is 0.323 e. The van der Waals surface area contributed by atoms with Crippen LogP contribution in [0.25, 0.3) is 0 Å². The van der Waals surface area contributed by atoms with Crippen LogP contribution in [-0.2, 0) is 0 Å². The number of aliphatic imine (C=N–C) groups is 2. The third-order valence-corrected chi connectivity index (χ3v) is 1.60. The van der Waals surface area contributed by atoms with Crippen molar-refractivity contribution in [2.24, 2.45) is 9.98 Å². The van der Waals surface area contributed by atoms with Gasteiger partial charge in [0.2, 0.25) is 0 Å². The maximum atomic E-state index is 4.06. The van der Waals surface area contributed by atoms with E-state index >= 15 is 0 Å². The number of hydrogen-bond donors (Lipinski definition) is 1. The molecule has 3 heteroatoms. The van der Waals surface area contributed by atoms with Crippen LogP contribution in [-0.4, -0.2) is 33.2 Å². The summed E-state index contributed by atoms with van der Waals surface area (Å²) in [5.41, 5.74) is 0. The fourth-order valence-electron chi connectivity index (χ4n) is 0.879. The summed E-state index contributed by atoms with van der Waals surface area (Å²) in [6.45, 7) is 6.07. The molecule has 0 heterocycles. The summed E-state index contributed by atoms with van der Waals surface area (Å²) in [7, 11) is 3.75. The van der Waals surface area contributed by atoms with Crippen molar-refractivity contribution in [2.75, 3.05) is 27.2 Å². The summed E-state index contributed by atoms with van der Waals surface area (Å²) < 4.78 is 0. The third kappa shape index (κ3) is 24.7. The van der Waals surface area contributed by atoms with E-state index in [4.69, 9.17) is 0 Å². The molecule has 0 aromatic rings. The predicted molar refractivity (Wildman–Crippen MR) is 69.0 cm³/mol. The predicted octanol–water partition coefficient (Wildman–Crippen LogP) is 2.99. The van der Waals surface area contributed by atoms with Crippen LogP contribution in [0.4, 0.5) is 0 Å². The van der Waals surface area contributed by atoms with E-state index in [1.165, 1.54) is 25.7 Å². The average molecular weight is 213 g/mol. The van der Waals surface area contributed by atoms with Crippen molar-refractivity contribution in [3.05, 3.63) is 0 Å². The Kier molecular flexibility index (Phi) is 21.2. The summed E-state index contributed by atoms with van der Waals surface area (Å²) >= 11 is 0. The van der Waals surface area contributed by atoms with Gasteiger partial charge < -0.3 is 5.32 Å². The van der Waals surface area contributed by atoms with Crippen LogP contribution in [0.3, 0.4) is 0 Å². The highest BCUT2D eigenvalue weighted by atomic mass is 14.8. The molecule has 0 aromatic carbocycles. The first kappa shape index (κ1) is 16.8. The van der Waals surface area contributed by atoms with Gasteiger partial charge in [0.1, 0.15) is 0 Å². The molecule has 0 aliphatic carbocycles. The second-order valence-electron chi connectivity index (χ2n) is 3.42. The lowest BCUT2D eigenvalue weighted by molar-refractivity contribution is 0.676. The number of nitrogens with zero attached hydrogens (tertiary/aromatic N) is 2. The van der Waals surface area contributed by atoms with E-state index in [0.29, 0.717) is 0 Å². The zero-order valence-electron chi connectivity index (χ0n) is 10.8. The van der Waals surface area contributed by atoms with Gasteiger partial charge in [0, 0.05) is 13.1 Å². The lowest BCUT2D eigenvalue weighted by Gasteiger charge is -1.91. The van der Waals surface area contributed by atoms with Gasteiger partial charge in [0.05, 0.1) is 6.01 Å². The van der Waals surface area contributed by atoms with Gasteiger partial charge in [-0.1, -0.05) is 33.1 Å². The van der Waals surface area contributed by atoms with Crippen molar-refractivity contribution in [1.29, 1.82) is 0 Å². The SMILES string of the molecule is CCCCCCN=C=NCCC.CNC. The minimum absolute atomic E-state index is 0.860. The topological polar surface area (TPSA) is 36.8 Å². The fourth-order valence-corrected chi connectivity index (χ4v) is 0.879. The second-order valence-corrected chi connectivity index (χ2v) is 3.42. The van der Waals surface area contributed by atoms with Crippen molar-refractivity contribution in [3.63, 3.8) is 0 Å². The zero-order chi connectivity index (χ0) is 11.8. The van der Waals surface area contributed by atoms with Gasteiger partial charge in [0.25, 0.3) is 0 Å². The van der Waals surface area contributed by atoms with Gasteiger partial charge >= 0.3 is 0 Å². The lowest BCUT2D eigenvalue weighted by Crippen LogP contribution is -1.89. The normalized spacial score (nSPS) is 8.53. The molecule has 0 atom stereocenters. The Morgan fingerprint density at radius 3 is 2.00 bits per heavy atom. The van der Waals surface area contributed by atoms with Gasteiger partial charge in [-0.3, -0.25) is 0 Å². The first-order valence-corrected chi connectivity index (χ1v) is 5.99. The Balaban J connectivity index is 0. The molecule has 0 aliphatic rings. The zero-order valence-corrected chi connectivity index (χ0v) is 10.8. The Morgan fingerprint density at radius 1 is 0.867 bits per heavy atom. The van der Waals surface area contributed by atoms with Crippen molar-refractivity contribution >= 4 is 6.01 Å². The molecule has 15 heavy (non-hydrogen) atoms. The third-order valence-electron chi connectivity index (χ3n) is 1.60. The van der Waals surface area contributed by atoms with E-state index in [2.05, 4.69) is 35.2 Å². The maximum absolute atomic E-state index is 4.06. The summed E-state index contributed by atoms with van der Waals surface area (Å²) in [5, 5.41) is 2.75. The number of hydrogen-bond acceptors (Lipinski definition) is 3.